The van der Waals surface area contributed by atoms with Crippen molar-refractivity contribution < 1.29 is 22.7 Å². The van der Waals surface area contributed by atoms with Crippen molar-refractivity contribution in [2.45, 2.75) is 11.4 Å². The summed E-state index contributed by atoms with van der Waals surface area (Å²) in [4.78, 5) is 13.4. The van der Waals surface area contributed by atoms with Crippen LogP contribution < -0.4 is 19.2 Å². The Bertz CT molecular complexity index is 1520. The summed E-state index contributed by atoms with van der Waals surface area (Å²) in [6.07, 6.45) is 1.43. The summed E-state index contributed by atoms with van der Waals surface area (Å²) in [5.74, 6) is 0.582. The Morgan fingerprint density at radius 2 is 1.53 bits per heavy atom. The van der Waals surface area contributed by atoms with Crippen molar-refractivity contribution in [2.75, 3.05) is 18.5 Å². The number of hydrogen-bond acceptors (Lipinski definition) is 6. The fraction of sp³-hybridized carbons (Fsp3) is 0.103. The van der Waals surface area contributed by atoms with Crippen molar-refractivity contribution in [3.8, 4) is 11.5 Å². The lowest BCUT2D eigenvalue weighted by molar-refractivity contribution is 0.0955. The molecular weight excluding hydrogens is 502 g/mol. The van der Waals surface area contributed by atoms with Crippen LogP contribution in [0.5, 0.6) is 11.5 Å². The zero-order valence-electron chi connectivity index (χ0n) is 20.9. The third-order valence-corrected chi connectivity index (χ3v) is 7.50. The maximum atomic E-state index is 13.8. The van der Waals surface area contributed by atoms with E-state index in [0.717, 1.165) is 5.56 Å². The first-order chi connectivity index (χ1) is 18.4. The Morgan fingerprint density at radius 1 is 0.868 bits per heavy atom. The van der Waals surface area contributed by atoms with Crippen LogP contribution in [0.2, 0.25) is 0 Å². The molecule has 0 saturated carbocycles. The Kier molecular flexibility index (Phi) is 8.40. The number of nitrogens with zero attached hydrogens (tertiary/aromatic N) is 2. The summed E-state index contributed by atoms with van der Waals surface area (Å²) in [5.41, 5.74) is 4.24. The Balaban J connectivity index is 1.68. The lowest BCUT2D eigenvalue weighted by atomic mass is 10.1. The van der Waals surface area contributed by atoms with E-state index in [1.54, 1.807) is 67.8 Å². The van der Waals surface area contributed by atoms with Crippen LogP contribution in [0, 0.1) is 0 Å². The minimum absolute atomic E-state index is 0.0344. The molecule has 8 nitrogen and oxygen atoms in total. The highest BCUT2D eigenvalue weighted by Gasteiger charge is 2.28. The van der Waals surface area contributed by atoms with E-state index in [1.807, 2.05) is 30.3 Å². The molecule has 0 aromatic heterocycles. The molecule has 9 heteroatoms. The zero-order chi connectivity index (χ0) is 27.0. The van der Waals surface area contributed by atoms with Crippen molar-refractivity contribution in [1.29, 1.82) is 0 Å². The number of sulfonamides is 1. The summed E-state index contributed by atoms with van der Waals surface area (Å²) < 4.78 is 39.4. The second-order valence-corrected chi connectivity index (χ2v) is 10.00. The molecule has 1 amide bonds. The van der Waals surface area contributed by atoms with Crippen LogP contribution in [0.15, 0.2) is 113 Å². The van der Waals surface area contributed by atoms with Gasteiger partial charge >= 0.3 is 0 Å². The van der Waals surface area contributed by atoms with Gasteiger partial charge in [-0.2, -0.15) is 5.10 Å². The summed E-state index contributed by atoms with van der Waals surface area (Å²) in [6, 6.07) is 29.0. The first-order valence-electron chi connectivity index (χ1n) is 11.7. The van der Waals surface area contributed by atoms with E-state index in [0.29, 0.717) is 17.1 Å². The van der Waals surface area contributed by atoms with Crippen molar-refractivity contribution in [3.05, 3.63) is 120 Å². The van der Waals surface area contributed by atoms with Crippen LogP contribution in [0.1, 0.15) is 21.5 Å². The third-order valence-electron chi connectivity index (χ3n) is 5.72. The Hall–Kier alpha value is -4.63. The molecule has 0 unspecified atom stereocenters. The van der Waals surface area contributed by atoms with Crippen LogP contribution in [-0.2, 0) is 16.6 Å². The fourth-order valence-corrected chi connectivity index (χ4v) is 5.31. The molecule has 4 aromatic rings. The molecule has 4 aromatic carbocycles. The fourth-order valence-electron chi connectivity index (χ4n) is 3.81. The molecule has 38 heavy (non-hydrogen) atoms. The number of carbonyl (C=O) groups is 1. The molecular formula is C29H27N3O5S. The van der Waals surface area contributed by atoms with Gasteiger partial charge in [0, 0.05) is 5.56 Å². The highest BCUT2D eigenvalue weighted by atomic mass is 32.2. The molecule has 0 heterocycles. The monoisotopic (exact) mass is 529 g/mol. The number of anilines is 1. The first-order valence-corrected chi connectivity index (χ1v) is 13.1. The first kappa shape index (κ1) is 26.4. The topological polar surface area (TPSA) is 97.3 Å². The van der Waals surface area contributed by atoms with E-state index in [1.165, 1.54) is 29.8 Å². The van der Waals surface area contributed by atoms with Gasteiger partial charge in [0.2, 0.25) is 0 Å². The van der Waals surface area contributed by atoms with Crippen LogP contribution in [0.3, 0.4) is 0 Å². The van der Waals surface area contributed by atoms with E-state index in [-0.39, 0.29) is 22.7 Å². The molecule has 1 N–H and O–H groups in total. The summed E-state index contributed by atoms with van der Waals surface area (Å²) >= 11 is 0. The molecule has 0 spiro atoms. The van der Waals surface area contributed by atoms with Gasteiger partial charge in [0.15, 0.2) is 0 Å². The van der Waals surface area contributed by atoms with Gasteiger partial charge in [-0.3, -0.25) is 9.10 Å². The molecule has 0 bridgehead atoms. The zero-order valence-corrected chi connectivity index (χ0v) is 21.8. The van der Waals surface area contributed by atoms with Gasteiger partial charge < -0.3 is 9.47 Å². The maximum absolute atomic E-state index is 13.8. The van der Waals surface area contributed by atoms with Crippen LogP contribution in [0.4, 0.5) is 5.69 Å². The smallest absolute Gasteiger partial charge is 0.273 e. The van der Waals surface area contributed by atoms with Gasteiger partial charge in [-0.1, -0.05) is 60.7 Å². The molecule has 0 aliphatic heterocycles. The molecule has 0 radical (unpaired) electrons. The van der Waals surface area contributed by atoms with Crippen LogP contribution in [-0.4, -0.2) is 34.8 Å². The number of hydrogen-bond donors (Lipinski definition) is 1. The number of methoxy groups -OCH3 is 2. The SMILES string of the molecule is COc1ccc(OC)c(/C=N/NC(=O)c2ccccc2N(Cc2ccccc2)S(=O)(=O)c2ccccc2)c1. The van der Waals surface area contributed by atoms with Gasteiger partial charge in [-0.05, 0) is 48.0 Å². The summed E-state index contributed by atoms with van der Waals surface area (Å²) in [6.45, 7) is 0.0344. The highest BCUT2D eigenvalue weighted by Crippen LogP contribution is 2.29. The summed E-state index contributed by atoms with van der Waals surface area (Å²) in [5, 5.41) is 4.08. The van der Waals surface area contributed by atoms with Gasteiger partial charge in [0.25, 0.3) is 15.9 Å². The van der Waals surface area contributed by atoms with Crippen molar-refractivity contribution in [1.82, 2.24) is 5.43 Å². The number of ether oxygens (including phenoxy) is 2. The van der Waals surface area contributed by atoms with E-state index in [9.17, 15) is 13.2 Å². The largest absolute Gasteiger partial charge is 0.497 e. The van der Waals surface area contributed by atoms with Gasteiger partial charge in [0.1, 0.15) is 11.5 Å². The lowest BCUT2D eigenvalue weighted by Crippen LogP contribution is -2.33. The molecule has 0 atom stereocenters. The molecule has 0 fully saturated rings. The lowest BCUT2D eigenvalue weighted by Gasteiger charge is -2.26. The molecule has 0 aliphatic rings. The van der Waals surface area contributed by atoms with Crippen LogP contribution >= 0.6 is 0 Å². The normalized spacial score (nSPS) is 11.2. The standard InChI is InChI=1S/C29H27N3O5S/c1-36-24-17-18-28(37-2)23(19-24)20-30-31-29(33)26-15-9-10-16-27(26)32(21-22-11-5-3-6-12-22)38(34,35)25-13-7-4-8-14-25/h3-20H,21H2,1-2H3,(H,31,33)/b30-20+. The second-order valence-electron chi connectivity index (χ2n) is 8.13. The minimum atomic E-state index is -4.00. The van der Waals surface area contributed by atoms with Gasteiger partial charge in [-0.25, -0.2) is 13.8 Å². The number of hydrazone groups is 1. The van der Waals surface area contributed by atoms with E-state index >= 15 is 0 Å². The maximum Gasteiger partial charge on any atom is 0.273 e. The molecule has 4 rings (SSSR count). The number of amides is 1. The van der Waals surface area contributed by atoms with E-state index < -0.39 is 15.9 Å². The predicted octanol–water partition coefficient (Wildman–Crippen LogP) is 4.86. The number of carbonyl (C=O) groups excluding carboxylic acids is 1. The van der Waals surface area contributed by atoms with Gasteiger partial charge in [-0.15, -0.1) is 0 Å². The molecule has 0 saturated heterocycles. The van der Waals surface area contributed by atoms with E-state index in [4.69, 9.17) is 9.47 Å². The average Bonchev–Trinajstić information content (AvgIpc) is 2.96. The van der Waals surface area contributed by atoms with Gasteiger partial charge in [0.05, 0.1) is 43.1 Å². The van der Waals surface area contributed by atoms with Crippen LogP contribution in [0.25, 0.3) is 0 Å². The number of rotatable bonds is 10. The predicted molar refractivity (Wildman–Crippen MR) is 147 cm³/mol. The van der Waals surface area contributed by atoms with Crippen molar-refractivity contribution in [2.24, 2.45) is 5.10 Å². The summed E-state index contributed by atoms with van der Waals surface area (Å²) in [7, 11) is -0.926. The number of para-hydroxylation sites is 1. The van der Waals surface area contributed by atoms with E-state index in [2.05, 4.69) is 10.5 Å². The van der Waals surface area contributed by atoms with Crippen molar-refractivity contribution >= 4 is 27.8 Å². The highest BCUT2D eigenvalue weighted by molar-refractivity contribution is 7.92. The number of benzene rings is 4. The average molecular weight is 530 g/mol. The molecule has 0 aliphatic carbocycles. The number of nitrogens with one attached hydrogen (secondary N) is 1. The third kappa shape index (κ3) is 6.01. The quantitative estimate of drug-likeness (QED) is 0.234. The van der Waals surface area contributed by atoms with Crippen molar-refractivity contribution in [3.63, 3.8) is 0 Å². The Morgan fingerprint density at radius 3 is 2.21 bits per heavy atom. The molecule has 194 valence electrons. The Labute approximate surface area is 222 Å². The second kappa shape index (κ2) is 12.1. The minimum Gasteiger partial charge on any atom is -0.497 e.